The van der Waals surface area contributed by atoms with Crippen LogP contribution in [-0.2, 0) is 0 Å². The van der Waals surface area contributed by atoms with Crippen LogP contribution in [0, 0.1) is 5.92 Å². The van der Waals surface area contributed by atoms with Gasteiger partial charge in [-0.2, -0.15) is 0 Å². The predicted octanol–water partition coefficient (Wildman–Crippen LogP) is 2.11. The number of nitrogens with one attached hydrogen (secondary N) is 1. The summed E-state index contributed by atoms with van der Waals surface area (Å²) in [5, 5.41) is 3.46. The third-order valence-electron chi connectivity index (χ3n) is 3.61. The number of nitrogens with zero attached hydrogens (tertiary/aromatic N) is 1. The molecule has 0 radical (unpaired) electrons. The van der Waals surface area contributed by atoms with Gasteiger partial charge in [0.2, 0.25) is 0 Å². The van der Waals surface area contributed by atoms with Crippen LogP contribution < -0.4 is 5.32 Å². The maximum atomic E-state index is 3.46. The molecule has 1 heterocycles. The minimum Gasteiger partial charge on any atom is -0.315 e. The lowest BCUT2D eigenvalue weighted by atomic mass is 9.98. The fraction of sp³-hybridized carbons (Fsp3) is 1.00. The van der Waals surface area contributed by atoms with Crippen molar-refractivity contribution in [3.8, 4) is 0 Å². The molecule has 1 aliphatic rings. The SMILES string of the molecule is CCC(C)C(CN1CCCCC1)NC. The highest BCUT2D eigenvalue weighted by Crippen LogP contribution is 2.13. The standard InChI is InChI=1S/C12H26N2/c1-4-11(2)12(13-3)10-14-8-6-5-7-9-14/h11-13H,4-10H2,1-3H3. The normalized spacial score (nSPS) is 23.4. The Balaban J connectivity index is 2.30. The summed E-state index contributed by atoms with van der Waals surface area (Å²) >= 11 is 0. The minimum atomic E-state index is 0.679. The van der Waals surface area contributed by atoms with Crippen LogP contribution in [0.1, 0.15) is 39.5 Å². The number of piperidine rings is 1. The van der Waals surface area contributed by atoms with Crippen LogP contribution in [0.15, 0.2) is 0 Å². The zero-order valence-corrected chi connectivity index (χ0v) is 10.1. The number of rotatable bonds is 5. The van der Waals surface area contributed by atoms with Gasteiger partial charge in [-0.3, -0.25) is 0 Å². The second-order valence-electron chi connectivity index (χ2n) is 4.64. The van der Waals surface area contributed by atoms with Crippen molar-refractivity contribution in [3.05, 3.63) is 0 Å². The van der Waals surface area contributed by atoms with E-state index in [1.54, 1.807) is 0 Å². The van der Waals surface area contributed by atoms with E-state index in [1.165, 1.54) is 45.3 Å². The highest BCUT2D eigenvalue weighted by molar-refractivity contribution is 4.77. The van der Waals surface area contributed by atoms with Crippen LogP contribution in [0.3, 0.4) is 0 Å². The molecule has 0 aromatic rings. The van der Waals surface area contributed by atoms with E-state index in [9.17, 15) is 0 Å². The van der Waals surface area contributed by atoms with Gasteiger partial charge in [0.25, 0.3) is 0 Å². The van der Waals surface area contributed by atoms with E-state index in [-0.39, 0.29) is 0 Å². The molecule has 84 valence electrons. The second kappa shape index (κ2) is 6.41. The van der Waals surface area contributed by atoms with Gasteiger partial charge in [-0.1, -0.05) is 26.7 Å². The molecule has 1 N–H and O–H groups in total. The fourth-order valence-electron chi connectivity index (χ4n) is 2.26. The number of likely N-dealkylation sites (tertiary alicyclic amines) is 1. The summed E-state index contributed by atoms with van der Waals surface area (Å²) < 4.78 is 0. The van der Waals surface area contributed by atoms with Crippen molar-refractivity contribution < 1.29 is 0 Å². The predicted molar refractivity (Wildman–Crippen MR) is 62.6 cm³/mol. The molecule has 2 unspecified atom stereocenters. The summed E-state index contributed by atoms with van der Waals surface area (Å²) in [6.45, 7) is 8.51. The zero-order chi connectivity index (χ0) is 10.4. The van der Waals surface area contributed by atoms with E-state index in [4.69, 9.17) is 0 Å². The topological polar surface area (TPSA) is 15.3 Å². The zero-order valence-electron chi connectivity index (χ0n) is 10.1. The summed E-state index contributed by atoms with van der Waals surface area (Å²) in [6.07, 6.45) is 5.51. The maximum absolute atomic E-state index is 3.46. The Morgan fingerprint density at radius 2 is 1.86 bits per heavy atom. The van der Waals surface area contributed by atoms with Gasteiger partial charge in [0.15, 0.2) is 0 Å². The van der Waals surface area contributed by atoms with Crippen LogP contribution in [0.5, 0.6) is 0 Å². The Labute approximate surface area is 89.1 Å². The van der Waals surface area contributed by atoms with Gasteiger partial charge in [0.1, 0.15) is 0 Å². The molecule has 1 aliphatic heterocycles. The largest absolute Gasteiger partial charge is 0.315 e. The van der Waals surface area contributed by atoms with Gasteiger partial charge in [-0.05, 0) is 38.9 Å². The van der Waals surface area contributed by atoms with Crippen LogP contribution >= 0.6 is 0 Å². The molecule has 0 aromatic carbocycles. The number of likely N-dealkylation sites (N-methyl/N-ethyl adjacent to an activating group) is 1. The third-order valence-corrected chi connectivity index (χ3v) is 3.61. The Morgan fingerprint density at radius 3 is 2.36 bits per heavy atom. The number of hydrogen-bond acceptors (Lipinski definition) is 2. The molecule has 0 amide bonds. The molecule has 0 saturated carbocycles. The molecule has 14 heavy (non-hydrogen) atoms. The lowest BCUT2D eigenvalue weighted by Gasteiger charge is -2.32. The van der Waals surface area contributed by atoms with E-state index in [0.29, 0.717) is 6.04 Å². The molecule has 2 atom stereocenters. The van der Waals surface area contributed by atoms with E-state index >= 15 is 0 Å². The van der Waals surface area contributed by atoms with Crippen molar-refractivity contribution >= 4 is 0 Å². The van der Waals surface area contributed by atoms with Crippen LogP contribution in [-0.4, -0.2) is 37.6 Å². The van der Waals surface area contributed by atoms with Crippen LogP contribution in [0.4, 0.5) is 0 Å². The molecule has 1 fully saturated rings. The number of hydrogen-bond donors (Lipinski definition) is 1. The Bertz CT molecular complexity index is 141. The van der Waals surface area contributed by atoms with Gasteiger partial charge >= 0.3 is 0 Å². The molecule has 0 aromatic heterocycles. The first-order valence-electron chi connectivity index (χ1n) is 6.17. The summed E-state index contributed by atoms with van der Waals surface area (Å²) in [4.78, 5) is 2.62. The van der Waals surface area contributed by atoms with Gasteiger partial charge < -0.3 is 10.2 Å². The molecule has 2 nitrogen and oxygen atoms in total. The van der Waals surface area contributed by atoms with Gasteiger partial charge in [0, 0.05) is 12.6 Å². The van der Waals surface area contributed by atoms with Crippen molar-refractivity contribution in [1.29, 1.82) is 0 Å². The summed E-state index contributed by atoms with van der Waals surface area (Å²) in [6, 6.07) is 0.679. The lowest BCUT2D eigenvalue weighted by molar-refractivity contribution is 0.186. The highest BCUT2D eigenvalue weighted by atomic mass is 15.1. The molecule has 0 aliphatic carbocycles. The fourth-order valence-corrected chi connectivity index (χ4v) is 2.26. The second-order valence-corrected chi connectivity index (χ2v) is 4.64. The first-order chi connectivity index (χ1) is 6.77. The molecule has 1 saturated heterocycles. The Kier molecular flexibility index (Phi) is 5.49. The minimum absolute atomic E-state index is 0.679. The summed E-state index contributed by atoms with van der Waals surface area (Å²) in [5.74, 6) is 0.793. The van der Waals surface area contributed by atoms with E-state index in [1.807, 2.05) is 0 Å². The summed E-state index contributed by atoms with van der Waals surface area (Å²) in [5.41, 5.74) is 0. The smallest absolute Gasteiger partial charge is 0.0217 e. The third kappa shape index (κ3) is 3.58. The van der Waals surface area contributed by atoms with Crippen molar-refractivity contribution in [1.82, 2.24) is 10.2 Å². The molecular weight excluding hydrogens is 172 g/mol. The van der Waals surface area contributed by atoms with E-state index in [0.717, 1.165) is 5.92 Å². The van der Waals surface area contributed by atoms with Crippen molar-refractivity contribution in [2.24, 2.45) is 5.92 Å². The van der Waals surface area contributed by atoms with E-state index < -0.39 is 0 Å². The van der Waals surface area contributed by atoms with Crippen LogP contribution in [0.2, 0.25) is 0 Å². The van der Waals surface area contributed by atoms with Gasteiger partial charge in [0.05, 0.1) is 0 Å². The average molecular weight is 198 g/mol. The van der Waals surface area contributed by atoms with Crippen molar-refractivity contribution in [2.75, 3.05) is 26.7 Å². The molecule has 2 heteroatoms. The molecule has 1 rings (SSSR count). The Hall–Kier alpha value is -0.0800. The quantitative estimate of drug-likeness (QED) is 0.728. The Morgan fingerprint density at radius 1 is 1.21 bits per heavy atom. The summed E-state index contributed by atoms with van der Waals surface area (Å²) in [7, 11) is 2.10. The van der Waals surface area contributed by atoms with Gasteiger partial charge in [-0.15, -0.1) is 0 Å². The van der Waals surface area contributed by atoms with Gasteiger partial charge in [-0.25, -0.2) is 0 Å². The lowest BCUT2D eigenvalue weighted by Crippen LogP contribution is -2.44. The van der Waals surface area contributed by atoms with E-state index in [2.05, 4.69) is 31.1 Å². The molecule has 0 spiro atoms. The molecular formula is C12H26N2. The van der Waals surface area contributed by atoms with Crippen LogP contribution in [0.25, 0.3) is 0 Å². The first-order valence-corrected chi connectivity index (χ1v) is 6.17. The van der Waals surface area contributed by atoms with Crippen molar-refractivity contribution in [3.63, 3.8) is 0 Å². The highest BCUT2D eigenvalue weighted by Gasteiger charge is 2.18. The molecule has 0 bridgehead atoms. The van der Waals surface area contributed by atoms with Crippen molar-refractivity contribution in [2.45, 2.75) is 45.6 Å². The first kappa shape index (κ1) is 12.0. The monoisotopic (exact) mass is 198 g/mol. The average Bonchev–Trinajstić information content (AvgIpc) is 2.26. The maximum Gasteiger partial charge on any atom is 0.0217 e.